The highest BCUT2D eigenvalue weighted by Gasteiger charge is 2.56. The van der Waals surface area contributed by atoms with E-state index in [0.717, 1.165) is 30.2 Å². The Balaban J connectivity index is 1.52. The largest absolute Gasteiger partial charge is 0.294 e. The fraction of sp³-hybridized carbons (Fsp3) is 0.516. The van der Waals surface area contributed by atoms with Crippen LogP contribution in [0.4, 0.5) is 0 Å². The van der Waals surface area contributed by atoms with Crippen LogP contribution in [0.2, 0.25) is 0 Å². The minimum Gasteiger partial charge on any atom is -0.294 e. The van der Waals surface area contributed by atoms with E-state index in [1.54, 1.807) is 12.1 Å². The van der Waals surface area contributed by atoms with Gasteiger partial charge in [-0.1, -0.05) is 63.1 Å². The molecular weight excluding hydrogens is 466 g/mol. The Kier molecular flexibility index (Phi) is 5.36. The summed E-state index contributed by atoms with van der Waals surface area (Å²) in [5.41, 5.74) is 3.39. The molecular formula is C31H37NO3S. The monoisotopic (exact) mass is 503 g/mol. The Morgan fingerprint density at radius 3 is 2.39 bits per heavy atom. The lowest BCUT2D eigenvalue weighted by Gasteiger charge is -2.59. The molecule has 3 aliphatic rings. The molecule has 3 aliphatic carbocycles. The first kappa shape index (κ1) is 24.0. The number of fused-ring (bicyclic) bond motifs is 6. The minimum absolute atomic E-state index is 0.0252. The fourth-order valence-corrected chi connectivity index (χ4v) is 10.1. The summed E-state index contributed by atoms with van der Waals surface area (Å²) in [5, 5.41) is 0.782. The number of rotatable bonds is 2. The van der Waals surface area contributed by atoms with Crippen molar-refractivity contribution >= 4 is 26.7 Å². The van der Waals surface area contributed by atoms with E-state index in [9.17, 15) is 13.2 Å². The van der Waals surface area contributed by atoms with Crippen molar-refractivity contribution in [3.05, 3.63) is 65.4 Å². The molecule has 1 aromatic heterocycles. The van der Waals surface area contributed by atoms with Gasteiger partial charge in [-0.3, -0.25) is 4.79 Å². The van der Waals surface area contributed by atoms with E-state index in [4.69, 9.17) is 0 Å². The number of carbonyl (C=O) groups excluding carboxylic acids is 1. The van der Waals surface area contributed by atoms with E-state index < -0.39 is 10.0 Å². The summed E-state index contributed by atoms with van der Waals surface area (Å²) < 4.78 is 29.6. The lowest BCUT2D eigenvalue weighted by Crippen LogP contribution is -2.52. The van der Waals surface area contributed by atoms with E-state index in [-0.39, 0.29) is 27.4 Å². The zero-order valence-electron chi connectivity index (χ0n) is 21.9. The number of nitrogens with zero attached hydrogens (tertiary/aromatic N) is 1. The van der Waals surface area contributed by atoms with E-state index in [2.05, 4.69) is 20.8 Å². The second kappa shape index (κ2) is 8.05. The van der Waals surface area contributed by atoms with Crippen LogP contribution in [-0.2, 0) is 16.4 Å². The predicted molar refractivity (Wildman–Crippen MR) is 144 cm³/mol. The highest BCUT2D eigenvalue weighted by Crippen LogP contribution is 2.63. The first-order chi connectivity index (χ1) is 17.1. The van der Waals surface area contributed by atoms with Crippen LogP contribution < -0.4 is 0 Å². The van der Waals surface area contributed by atoms with Crippen LogP contribution >= 0.6 is 0 Å². The highest BCUT2D eigenvalue weighted by atomic mass is 32.2. The van der Waals surface area contributed by atoms with Gasteiger partial charge in [0.25, 0.3) is 10.0 Å². The molecule has 0 bridgehead atoms. The Labute approximate surface area is 215 Å². The average molecular weight is 504 g/mol. The van der Waals surface area contributed by atoms with Crippen LogP contribution in [0.25, 0.3) is 10.9 Å². The summed E-state index contributed by atoms with van der Waals surface area (Å²) in [7, 11) is -3.85. The third-order valence-electron chi connectivity index (χ3n) is 10.1. The SMILES string of the molecule is Cc1ccc(S(=O)(=O)n2c3c(c4ccccc42)C(=O)[C@H]2CC[C@H]4C(C)(C)CCC[C@]4(C)[C@H]2CC3)cc1. The van der Waals surface area contributed by atoms with Crippen molar-refractivity contribution in [2.24, 2.45) is 28.6 Å². The van der Waals surface area contributed by atoms with Crippen LogP contribution in [0.5, 0.6) is 0 Å². The lowest BCUT2D eigenvalue weighted by molar-refractivity contribution is -0.0910. The van der Waals surface area contributed by atoms with Crippen molar-refractivity contribution in [2.45, 2.75) is 77.5 Å². The number of Topliss-reactive ketones (excluding diaryl/α,β-unsaturated/α-hetero) is 1. The molecule has 5 heteroatoms. The molecule has 190 valence electrons. The van der Waals surface area contributed by atoms with Gasteiger partial charge in [-0.25, -0.2) is 12.4 Å². The first-order valence-electron chi connectivity index (χ1n) is 13.5. The number of hydrogen-bond donors (Lipinski definition) is 0. The van der Waals surface area contributed by atoms with Gasteiger partial charge in [-0.05, 0) is 86.3 Å². The molecule has 0 saturated heterocycles. The summed E-state index contributed by atoms with van der Waals surface area (Å²) in [6.45, 7) is 9.22. The quantitative estimate of drug-likeness (QED) is 0.372. The number of aromatic nitrogens is 1. The van der Waals surface area contributed by atoms with Crippen LogP contribution in [0.3, 0.4) is 0 Å². The molecule has 0 N–H and O–H groups in total. The topological polar surface area (TPSA) is 56.1 Å². The van der Waals surface area contributed by atoms with Gasteiger partial charge in [-0.2, -0.15) is 0 Å². The van der Waals surface area contributed by atoms with Crippen LogP contribution in [0.1, 0.15) is 80.9 Å². The van der Waals surface area contributed by atoms with Crippen LogP contribution in [0, 0.1) is 35.5 Å². The maximum atomic E-state index is 14.4. The third kappa shape index (κ3) is 3.31. The zero-order valence-corrected chi connectivity index (χ0v) is 22.7. The van der Waals surface area contributed by atoms with Gasteiger partial charge in [0.2, 0.25) is 0 Å². The molecule has 0 spiro atoms. The minimum atomic E-state index is -3.85. The molecule has 4 atom stereocenters. The van der Waals surface area contributed by atoms with E-state index in [1.807, 2.05) is 43.3 Å². The van der Waals surface area contributed by atoms with Crippen molar-refractivity contribution in [1.82, 2.24) is 3.97 Å². The normalized spacial score (nSPS) is 29.8. The van der Waals surface area contributed by atoms with Crippen molar-refractivity contribution < 1.29 is 13.2 Å². The van der Waals surface area contributed by atoms with E-state index in [1.165, 1.54) is 23.2 Å². The molecule has 1 heterocycles. The fourth-order valence-electron chi connectivity index (χ4n) is 8.52. The molecule has 0 aliphatic heterocycles. The number of carbonyl (C=O) groups is 1. The standard InChI is InChI=1S/C31H37NO3S/c1-20-10-12-21(13-11-20)36(34,35)32-25-9-6-5-8-23(25)28-26(32)16-15-24-22(29(28)33)14-17-27-30(2,3)18-7-19-31(24,27)4/h5-6,8-13,22,24,27H,7,14-19H2,1-4H3/t22-,24-,27-,31+/m0/s1. The molecule has 0 amide bonds. The lowest BCUT2D eigenvalue weighted by atomic mass is 9.45. The maximum Gasteiger partial charge on any atom is 0.268 e. The van der Waals surface area contributed by atoms with Crippen molar-refractivity contribution in [3.63, 3.8) is 0 Å². The molecule has 2 saturated carbocycles. The Morgan fingerprint density at radius 2 is 1.64 bits per heavy atom. The first-order valence-corrected chi connectivity index (χ1v) is 15.0. The molecule has 4 nitrogen and oxygen atoms in total. The molecule has 3 aromatic rings. The number of hydrogen-bond acceptors (Lipinski definition) is 3. The summed E-state index contributed by atoms with van der Waals surface area (Å²) in [6.07, 6.45) is 7.12. The summed E-state index contributed by atoms with van der Waals surface area (Å²) in [6, 6.07) is 14.6. The highest BCUT2D eigenvalue weighted by molar-refractivity contribution is 7.90. The molecule has 0 radical (unpaired) electrons. The summed E-state index contributed by atoms with van der Waals surface area (Å²) in [5.74, 6) is 1.05. The molecule has 36 heavy (non-hydrogen) atoms. The summed E-state index contributed by atoms with van der Waals surface area (Å²) >= 11 is 0. The Hall–Kier alpha value is -2.40. The van der Waals surface area contributed by atoms with Gasteiger partial charge in [0.15, 0.2) is 5.78 Å². The van der Waals surface area contributed by atoms with Crippen LogP contribution in [0.15, 0.2) is 53.4 Å². The van der Waals surface area contributed by atoms with Crippen molar-refractivity contribution in [3.8, 4) is 0 Å². The van der Waals surface area contributed by atoms with Gasteiger partial charge < -0.3 is 0 Å². The molecule has 2 fully saturated rings. The van der Waals surface area contributed by atoms with Gasteiger partial charge in [-0.15, -0.1) is 0 Å². The zero-order chi connectivity index (χ0) is 25.5. The molecule has 2 aromatic carbocycles. The number of aryl methyl sites for hydroxylation is 1. The maximum absolute atomic E-state index is 14.4. The Morgan fingerprint density at radius 1 is 0.917 bits per heavy atom. The van der Waals surface area contributed by atoms with Crippen molar-refractivity contribution in [2.75, 3.05) is 0 Å². The number of benzene rings is 2. The van der Waals surface area contributed by atoms with Gasteiger partial charge in [0.05, 0.1) is 10.4 Å². The van der Waals surface area contributed by atoms with E-state index in [0.29, 0.717) is 35.0 Å². The van der Waals surface area contributed by atoms with Gasteiger partial charge >= 0.3 is 0 Å². The van der Waals surface area contributed by atoms with Crippen LogP contribution in [-0.4, -0.2) is 18.2 Å². The summed E-state index contributed by atoms with van der Waals surface area (Å²) in [4.78, 5) is 14.6. The van der Waals surface area contributed by atoms with Gasteiger partial charge in [0.1, 0.15) is 0 Å². The Bertz CT molecular complexity index is 1460. The van der Waals surface area contributed by atoms with Gasteiger partial charge in [0, 0.05) is 22.6 Å². The molecule has 6 rings (SSSR count). The second-order valence-electron chi connectivity index (χ2n) is 12.5. The molecule has 0 unspecified atom stereocenters. The number of para-hydroxylation sites is 1. The predicted octanol–water partition coefficient (Wildman–Crippen LogP) is 7.17. The number of ketones is 1. The average Bonchev–Trinajstić information content (AvgIpc) is 3.09. The van der Waals surface area contributed by atoms with E-state index >= 15 is 0 Å². The van der Waals surface area contributed by atoms with Crippen molar-refractivity contribution in [1.29, 1.82) is 0 Å². The second-order valence-corrected chi connectivity index (χ2v) is 14.3. The smallest absolute Gasteiger partial charge is 0.268 e. The third-order valence-corrected chi connectivity index (χ3v) is 11.9.